The molecule has 15 heavy (non-hydrogen) atoms. The molecule has 2 atom stereocenters. The van der Waals surface area contributed by atoms with Gasteiger partial charge in [-0.1, -0.05) is 5.10 Å². The highest BCUT2D eigenvalue weighted by Gasteiger charge is 2.22. The third kappa shape index (κ3) is 2.27. The number of aromatic nitrogens is 2. The zero-order valence-corrected chi connectivity index (χ0v) is 8.76. The predicted octanol–water partition coefficient (Wildman–Crippen LogP) is 0.0504. The Bertz CT molecular complexity index is 326. The second kappa shape index (κ2) is 4.16. The smallest absolute Gasteiger partial charge is 0.318 e. The molecule has 1 aromatic heterocycles. The first-order valence-corrected chi connectivity index (χ1v) is 5.19. The van der Waals surface area contributed by atoms with Gasteiger partial charge in [-0.25, -0.2) is 0 Å². The fourth-order valence-electron chi connectivity index (χ4n) is 1.67. The molecule has 84 valence electrons. The van der Waals surface area contributed by atoms with Crippen LogP contribution in [0.1, 0.15) is 31.7 Å². The number of hydrogen-bond donors (Lipinski definition) is 2. The van der Waals surface area contributed by atoms with Gasteiger partial charge in [0, 0.05) is 13.1 Å². The van der Waals surface area contributed by atoms with Crippen LogP contribution < -0.4 is 10.6 Å². The van der Waals surface area contributed by atoms with Crippen LogP contribution in [0.2, 0.25) is 0 Å². The molecule has 1 aliphatic heterocycles. The van der Waals surface area contributed by atoms with Gasteiger partial charge in [-0.15, -0.1) is 5.10 Å². The van der Waals surface area contributed by atoms with Crippen LogP contribution in [0.25, 0.3) is 0 Å². The molecule has 0 spiro atoms. The van der Waals surface area contributed by atoms with Crippen LogP contribution in [-0.4, -0.2) is 34.5 Å². The van der Waals surface area contributed by atoms with Crippen LogP contribution in [0, 0.1) is 0 Å². The molecule has 3 N–H and O–H groups in total. The van der Waals surface area contributed by atoms with Crippen molar-refractivity contribution in [3.05, 3.63) is 5.89 Å². The minimum atomic E-state index is -0.301. The molecule has 0 aromatic carbocycles. The molecule has 2 heterocycles. The van der Waals surface area contributed by atoms with Crippen molar-refractivity contribution < 1.29 is 9.52 Å². The number of aliphatic hydroxyl groups excluding tert-OH is 1. The van der Waals surface area contributed by atoms with Crippen LogP contribution in [0.15, 0.2) is 4.42 Å². The van der Waals surface area contributed by atoms with Crippen LogP contribution in [-0.2, 0) is 0 Å². The second-order valence-electron chi connectivity index (χ2n) is 3.95. The van der Waals surface area contributed by atoms with Crippen LogP contribution in [0.4, 0.5) is 6.01 Å². The fourth-order valence-corrected chi connectivity index (χ4v) is 1.67. The minimum absolute atomic E-state index is 0.249. The molecule has 1 saturated heterocycles. The van der Waals surface area contributed by atoms with Gasteiger partial charge < -0.3 is 20.2 Å². The van der Waals surface area contributed by atoms with E-state index in [4.69, 9.17) is 10.2 Å². The Hall–Kier alpha value is -1.14. The largest absolute Gasteiger partial charge is 0.406 e. The molecule has 0 amide bonds. The maximum Gasteiger partial charge on any atom is 0.318 e. The van der Waals surface area contributed by atoms with Gasteiger partial charge in [0.05, 0.1) is 12.1 Å². The predicted molar refractivity (Wildman–Crippen MR) is 54.4 cm³/mol. The Labute approximate surface area is 88.1 Å². The number of piperidine rings is 1. The summed E-state index contributed by atoms with van der Waals surface area (Å²) in [5.41, 5.74) is 5.62. The van der Waals surface area contributed by atoms with Crippen molar-refractivity contribution in [2.75, 3.05) is 18.0 Å². The zero-order chi connectivity index (χ0) is 10.8. The van der Waals surface area contributed by atoms with E-state index in [0.717, 1.165) is 19.4 Å². The lowest BCUT2D eigenvalue weighted by Crippen LogP contribution is -2.38. The summed E-state index contributed by atoms with van der Waals surface area (Å²) in [5, 5.41) is 17.3. The molecule has 0 radical (unpaired) electrons. The number of rotatable bonds is 2. The molecule has 0 bridgehead atoms. The summed E-state index contributed by atoms with van der Waals surface area (Å²) in [6, 6.07) is 0.210. The van der Waals surface area contributed by atoms with E-state index in [2.05, 4.69) is 10.2 Å². The van der Waals surface area contributed by atoms with Gasteiger partial charge in [-0.05, 0) is 19.8 Å². The highest BCUT2D eigenvalue weighted by molar-refractivity contribution is 5.25. The van der Waals surface area contributed by atoms with Crippen molar-refractivity contribution in [3.63, 3.8) is 0 Å². The molecule has 0 aliphatic carbocycles. The Kier molecular flexibility index (Phi) is 2.88. The molecular weight excluding hydrogens is 196 g/mol. The van der Waals surface area contributed by atoms with Gasteiger partial charge in [-0.3, -0.25) is 0 Å². The first-order valence-electron chi connectivity index (χ1n) is 5.19. The fraction of sp³-hybridized carbons (Fsp3) is 0.778. The quantitative estimate of drug-likeness (QED) is 0.720. The van der Waals surface area contributed by atoms with E-state index in [1.165, 1.54) is 0 Å². The van der Waals surface area contributed by atoms with Crippen molar-refractivity contribution in [1.82, 2.24) is 10.2 Å². The lowest BCUT2D eigenvalue weighted by molar-refractivity contribution is 0.151. The van der Waals surface area contributed by atoms with E-state index >= 15 is 0 Å². The molecule has 2 unspecified atom stereocenters. The Balaban J connectivity index is 2.08. The maximum absolute atomic E-state index is 9.50. The Morgan fingerprint density at radius 3 is 3.00 bits per heavy atom. The van der Waals surface area contributed by atoms with E-state index in [1.54, 1.807) is 6.92 Å². The van der Waals surface area contributed by atoms with E-state index in [9.17, 15) is 5.11 Å². The third-order valence-corrected chi connectivity index (χ3v) is 2.49. The van der Waals surface area contributed by atoms with Crippen LogP contribution >= 0.6 is 0 Å². The van der Waals surface area contributed by atoms with Gasteiger partial charge in [0.2, 0.25) is 5.89 Å². The van der Waals surface area contributed by atoms with E-state index in [-0.39, 0.29) is 12.1 Å². The molecule has 0 saturated carbocycles. The number of β-amino-alcohol motifs (C(OH)–C–C–N with tert-alkyl or cyclic N) is 1. The first kappa shape index (κ1) is 10.4. The third-order valence-electron chi connectivity index (χ3n) is 2.49. The minimum Gasteiger partial charge on any atom is -0.406 e. The van der Waals surface area contributed by atoms with Crippen molar-refractivity contribution in [2.45, 2.75) is 31.9 Å². The monoisotopic (exact) mass is 212 g/mol. The number of nitrogens with two attached hydrogens (primary N) is 1. The van der Waals surface area contributed by atoms with Gasteiger partial charge in [0.1, 0.15) is 0 Å². The van der Waals surface area contributed by atoms with E-state index < -0.39 is 0 Å². The number of nitrogens with zero attached hydrogens (tertiary/aromatic N) is 3. The maximum atomic E-state index is 9.50. The molecule has 6 heteroatoms. The average molecular weight is 212 g/mol. The topological polar surface area (TPSA) is 88.4 Å². The summed E-state index contributed by atoms with van der Waals surface area (Å²) in [5.74, 6) is 0.435. The average Bonchev–Trinajstić information content (AvgIpc) is 2.66. The van der Waals surface area contributed by atoms with Crippen molar-refractivity contribution in [3.8, 4) is 0 Å². The summed E-state index contributed by atoms with van der Waals surface area (Å²) >= 11 is 0. The van der Waals surface area contributed by atoms with Gasteiger partial charge in [0.15, 0.2) is 0 Å². The lowest BCUT2D eigenvalue weighted by atomic mass is 10.1. The standard InChI is InChI=1S/C9H16N4O2/c1-6(10)8-11-12-9(15-8)13-4-2-3-7(14)5-13/h6-7,14H,2-5,10H2,1H3. The van der Waals surface area contributed by atoms with Crippen molar-refractivity contribution >= 4 is 6.01 Å². The van der Waals surface area contributed by atoms with E-state index in [0.29, 0.717) is 18.5 Å². The molecule has 1 aliphatic rings. The molecule has 1 fully saturated rings. The molecule has 2 rings (SSSR count). The second-order valence-corrected chi connectivity index (χ2v) is 3.95. The number of hydrogen-bond acceptors (Lipinski definition) is 6. The molecule has 6 nitrogen and oxygen atoms in total. The van der Waals surface area contributed by atoms with Crippen LogP contribution in [0.5, 0.6) is 0 Å². The summed E-state index contributed by atoms with van der Waals surface area (Å²) in [6.07, 6.45) is 1.48. The van der Waals surface area contributed by atoms with Gasteiger partial charge in [0.25, 0.3) is 0 Å². The summed E-state index contributed by atoms with van der Waals surface area (Å²) < 4.78 is 5.40. The van der Waals surface area contributed by atoms with Gasteiger partial charge in [-0.2, -0.15) is 0 Å². The van der Waals surface area contributed by atoms with Crippen molar-refractivity contribution in [1.29, 1.82) is 0 Å². The normalized spacial score (nSPS) is 24.2. The van der Waals surface area contributed by atoms with Crippen LogP contribution in [0.3, 0.4) is 0 Å². The zero-order valence-electron chi connectivity index (χ0n) is 8.76. The Morgan fingerprint density at radius 1 is 1.60 bits per heavy atom. The number of aliphatic hydroxyl groups is 1. The molecular formula is C9H16N4O2. The summed E-state index contributed by atoms with van der Waals surface area (Å²) in [7, 11) is 0. The SMILES string of the molecule is CC(N)c1nnc(N2CCCC(O)C2)o1. The summed E-state index contributed by atoms with van der Waals surface area (Å²) in [6.45, 7) is 3.20. The highest BCUT2D eigenvalue weighted by Crippen LogP contribution is 2.20. The van der Waals surface area contributed by atoms with Gasteiger partial charge >= 0.3 is 6.01 Å². The summed E-state index contributed by atoms with van der Waals surface area (Å²) in [4.78, 5) is 1.90. The highest BCUT2D eigenvalue weighted by atomic mass is 16.4. The Morgan fingerprint density at radius 2 is 2.40 bits per heavy atom. The van der Waals surface area contributed by atoms with E-state index in [1.807, 2.05) is 4.90 Å². The number of anilines is 1. The first-order chi connectivity index (χ1) is 7.16. The lowest BCUT2D eigenvalue weighted by Gasteiger charge is -2.28. The molecule has 1 aromatic rings. The van der Waals surface area contributed by atoms with Crippen molar-refractivity contribution in [2.24, 2.45) is 5.73 Å².